The van der Waals surface area contributed by atoms with E-state index in [-0.39, 0.29) is 19.1 Å². The van der Waals surface area contributed by atoms with Crippen LogP contribution in [0.15, 0.2) is 40.8 Å². The van der Waals surface area contributed by atoms with Crippen molar-refractivity contribution in [2.24, 2.45) is 23.0 Å². The van der Waals surface area contributed by atoms with Gasteiger partial charge in [-0.3, -0.25) is 14.5 Å². The summed E-state index contributed by atoms with van der Waals surface area (Å²) >= 11 is 8.25. The van der Waals surface area contributed by atoms with E-state index in [1.807, 2.05) is 26.8 Å². The van der Waals surface area contributed by atoms with E-state index in [4.69, 9.17) is 41.3 Å². The molecule has 14 nitrogen and oxygen atoms in total. The lowest BCUT2D eigenvalue weighted by atomic mass is 9.85. The molecule has 2 aliphatic carbocycles. The summed E-state index contributed by atoms with van der Waals surface area (Å²) in [5, 5.41) is 4.98. The summed E-state index contributed by atoms with van der Waals surface area (Å²) < 4.78 is 23.9. The number of nitrogens with zero attached hydrogens (tertiary/aromatic N) is 4. The first-order valence-electron chi connectivity index (χ1n) is 17.9. The van der Waals surface area contributed by atoms with Gasteiger partial charge in [-0.05, 0) is 60.4 Å². The maximum Gasteiger partial charge on any atom is 0.408 e. The van der Waals surface area contributed by atoms with Gasteiger partial charge in [0.15, 0.2) is 5.16 Å². The molecule has 16 heteroatoms. The number of imidazole rings is 1. The van der Waals surface area contributed by atoms with Crippen LogP contribution in [0.5, 0.6) is 11.5 Å². The number of likely N-dealkylation sites (tertiary alicyclic amines) is 1. The van der Waals surface area contributed by atoms with E-state index in [2.05, 4.69) is 20.2 Å². The van der Waals surface area contributed by atoms with Gasteiger partial charge in [0.05, 0.1) is 25.3 Å². The largest absolute Gasteiger partial charge is 0.491 e. The van der Waals surface area contributed by atoms with Crippen LogP contribution in [0.3, 0.4) is 0 Å². The molecule has 3 aromatic rings. The predicted molar refractivity (Wildman–Crippen MR) is 193 cm³/mol. The Bertz CT molecular complexity index is 1770. The number of benzene rings is 1. The van der Waals surface area contributed by atoms with E-state index in [0.717, 1.165) is 32.5 Å². The summed E-state index contributed by atoms with van der Waals surface area (Å²) in [6.07, 6.45) is 5.09. The third-order valence-electron chi connectivity index (χ3n) is 10.3. The molecule has 7 rings (SSSR count). The van der Waals surface area contributed by atoms with Crippen molar-refractivity contribution in [3.8, 4) is 11.5 Å². The van der Waals surface area contributed by atoms with Crippen molar-refractivity contribution < 1.29 is 33.3 Å². The summed E-state index contributed by atoms with van der Waals surface area (Å²) in [7, 11) is 0. The molecular weight excluding hydrogens is 710 g/mol. The van der Waals surface area contributed by atoms with Crippen molar-refractivity contribution in [2.45, 2.75) is 80.9 Å². The molecule has 4 N–H and O–H groups in total. The molecule has 52 heavy (non-hydrogen) atoms. The molecule has 0 radical (unpaired) electrons. The zero-order valence-corrected chi connectivity index (χ0v) is 31.2. The van der Waals surface area contributed by atoms with Crippen molar-refractivity contribution in [1.29, 1.82) is 0 Å². The third-order valence-corrected chi connectivity index (χ3v) is 11.5. The topological polar surface area (TPSA) is 174 Å². The number of carbonyl (C=O) groups excluding carboxylic acids is 3. The molecule has 4 heterocycles. The van der Waals surface area contributed by atoms with Crippen LogP contribution >= 0.6 is 23.4 Å². The zero-order chi connectivity index (χ0) is 36.6. The Kier molecular flexibility index (Phi) is 10.7. The van der Waals surface area contributed by atoms with Crippen LogP contribution in [-0.2, 0) is 19.1 Å². The molecule has 1 unspecified atom stereocenters. The Morgan fingerprint density at radius 3 is 2.58 bits per heavy atom. The fourth-order valence-corrected chi connectivity index (χ4v) is 8.41. The molecule has 2 saturated heterocycles. The van der Waals surface area contributed by atoms with Crippen LogP contribution in [0.4, 0.5) is 4.79 Å². The van der Waals surface area contributed by atoms with Crippen molar-refractivity contribution in [3.63, 3.8) is 0 Å². The van der Waals surface area contributed by atoms with Crippen molar-refractivity contribution in [3.05, 3.63) is 35.6 Å². The fraction of sp³-hybridized carbons (Fsp3) is 0.583. The van der Waals surface area contributed by atoms with Crippen LogP contribution in [0.25, 0.3) is 10.9 Å². The normalized spacial score (nSPS) is 25.1. The Morgan fingerprint density at radius 1 is 1.12 bits per heavy atom. The molecule has 2 aromatic heterocycles. The number of hydrogen-bond donors (Lipinski definition) is 3. The molecule has 3 amide bonds. The van der Waals surface area contributed by atoms with Gasteiger partial charge in [-0.15, -0.1) is 0 Å². The summed E-state index contributed by atoms with van der Waals surface area (Å²) in [5.41, 5.74) is 5.66. The van der Waals surface area contributed by atoms with Gasteiger partial charge in [-0.25, -0.2) is 14.8 Å². The van der Waals surface area contributed by atoms with E-state index in [1.54, 1.807) is 24.5 Å². The molecule has 280 valence electrons. The predicted octanol–water partition coefficient (Wildman–Crippen LogP) is 4.25. The van der Waals surface area contributed by atoms with E-state index in [0.29, 0.717) is 69.3 Å². The van der Waals surface area contributed by atoms with E-state index in [1.165, 1.54) is 23.1 Å². The molecule has 1 aromatic carbocycles. The standard InChI is InChI=1S/C36H46ClN7O7S/c1-36(2,3)31(42-35(47)51-22-15-20-14-21(20)16-22)33(46)44-19-23(17-25(44)32(38)45)50-27-18-28(52-34-39-6-7-40-34)41-30-24(27)4-5-26(29(30)37)49-13-10-43-8-11-48-12-9-43/h4-7,18,20-23,25,31H,8-17,19H2,1-3H3,(H2,38,45)(H,39,40)(H,42,47)/t20-,21+,22?,23-,25+,31-/m1/s1. The number of nitrogens with one attached hydrogen (secondary N) is 2. The smallest absolute Gasteiger partial charge is 0.408 e. The first-order valence-corrected chi connectivity index (χ1v) is 19.1. The Labute approximate surface area is 311 Å². The molecule has 2 aliphatic heterocycles. The molecule has 6 atom stereocenters. The van der Waals surface area contributed by atoms with Gasteiger partial charge in [-0.1, -0.05) is 32.4 Å². The SMILES string of the molecule is CC(C)(C)[C@H](NC(=O)OC1C[C@@H]2C[C@@H]2C1)C(=O)N1C[C@H](Oc2cc(Sc3ncc[nH]3)nc3c(Cl)c(OCCN4CCOCC4)ccc23)C[C@H]1C(N)=O. The lowest BCUT2D eigenvalue weighted by molar-refractivity contribution is -0.141. The van der Waals surface area contributed by atoms with Gasteiger partial charge in [0, 0.05) is 49.9 Å². The first kappa shape index (κ1) is 36.6. The number of pyridine rings is 1. The number of amides is 3. The van der Waals surface area contributed by atoms with Gasteiger partial charge in [-0.2, -0.15) is 0 Å². The summed E-state index contributed by atoms with van der Waals surface area (Å²) in [6.45, 7) is 9.94. The van der Waals surface area contributed by atoms with Crippen LogP contribution in [0.1, 0.15) is 46.5 Å². The zero-order valence-electron chi connectivity index (χ0n) is 29.6. The minimum absolute atomic E-state index is 0.0721. The average Bonchev–Trinajstić information content (AvgIpc) is 3.46. The van der Waals surface area contributed by atoms with E-state index >= 15 is 0 Å². The maximum atomic E-state index is 14.2. The van der Waals surface area contributed by atoms with Gasteiger partial charge in [0.2, 0.25) is 11.8 Å². The average molecular weight is 756 g/mol. The Hall–Kier alpha value is -3.79. The van der Waals surface area contributed by atoms with Gasteiger partial charge in [0.1, 0.15) is 52.4 Å². The van der Waals surface area contributed by atoms with Crippen molar-refractivity contribution in [1.82, 2.24) is 30.1 Å². The highest BCUT2D eigenvalue weighted by Crippen LogP contribution is 2.52. The second kappa shape index (κ2) is 15.3. The molecule has 0 spiro atoms. The second-order valence-corrected chi connectivity index (χ2v) is 16.5. The van der Waals surface area contributed by atoms with E-state index < -0.39 is 41.5 Å². The summed E-state index contributed by atoms with van der Waals surface area (Å²) in [6, 6.07) is 3.52. The maximum absolute atomic E-state index is 14.2. The van der Waals surface area contributed by atoms with Gasteiger partial charge >= 0.3 is 6.09 Å². The molecular formula is C36H46ClN7O7S. The minimum atomic E-state index is -0.963. The molecule has 0 bridgehead atoms. The summed E-state index contributed by atoms with van der Waals surface area (Å²) in [4.78, 5) is 55.9. The quantitative estimate of drug-likeness (QED) is 0.241. The number of carbonyl (C=O) groups is 3. The number of primary amides is 1. The van der Waals surface area contributed by atoms with Crippen LogP contribution in [-0.4, -0.2) is 113 Å². The molecule has 2 saturated carbocycles. The fourth-order valence-electron chi connectivity index (χ4n) is 7.41. The number of hydrogen-bond acceptors (Lipinski definition) is 11. The number of ether oxygens (including phenoxy) is 4. The number of alkyl carbamates (subject to hydrolysis) is 1. The molecule has 4 fully saturated rings. The van der Waals surface area contributed by atoms with Crippen LogP contribution in [0, 0.1) is 17.3 Å². The monoisotopic (exact) mass is 755 g/mol. The number of H-pyrrole nitrogens is 1. The van der Waals surface area contributed by atoms with Crippen LogP contribution < -0.4 is 20.5 Å². The minimum Gasteiger partial charge on any atom is -0.491 e. The highest BCUT2D eigenvalue weighted by Gasteiger charge is 2.48. The van der Waals surface area contributed by atoms with Crippen molar-refractivity contribution in [2.75, 3.05) is 46.0 Å². The second-order valence-electron chi connectivity index (χ2n) is 15.1. The highest BCUT2D eigenvalue weighted by atomic mass is 35.5. The Balaban J connectivity index is 1.10. The van der Waals surface area contributed by atoms with Crippen LogP contribution in [0.2, 0.25) is 5.02 Å². The van der Waals surface area contributed by atoms with Crippen molar-refractivity contribution >= 4 is 52.2 Å². The number of aromatic amines is 1. The number of fused-ring (bicyclic) bond motifs is 2. The number of rotatable bonds is 12. The third kappa shape index (κ3) is 8.37. The first-order chi connectivity index (χ1) is 24.9. The number of morpholine rings is 1. The van der Waals surface area contributed by atoms with Gasteiger partial charge in [0.25, 0.3) is 0 Å². The van der Waals surface area contributed by atoms with Gasteiger partial charge < -0.3 is 39.9 Å². The number of aromatic nitrogens is 3. The number of nitrogens with two attached hydrogens (primary N) is 1. The number of halogens is 1. The highest BCUT2D eigenvalue weighted by molar-refractivity contribution is 7.99. The summed E-state index contributed by atoms with van der Waals surface area (Å²) in [5.74, 6) is 1.16. The lowest BCUT2D eigenvalue weighted by Gasteiger charge is -2.35. The van der Waals surface area contributed by atoms with E-state index in [9.17, 15) is 14.4 Å². The molecule has 4 aliphatic rings. The Morgan fingerprint density at radius 2 is 1.88 bits per heavy atom. The lowest BCUT2D eigenvalue weighted by Crippen LogP contribution is -2.57.